The van der Waals surface area contributed by atoms with Crippen molar-refractivity contribution in [3.8, 4) is 5.75 Å². The van der Waals surface area contributed by atoms with E-state index in [0.717, 1.165) is 31.4 Å². The van der Waals surface area contributed by atoms with Gasteiger partial charge in [0.2, 0.25) is 0 Å². The van der Waals surface area contributed by atoms with Crippen LogP contribution in [0.1, 0.15) is 30.9 Å². The quantitative estimate of drug-likeness (QED) is 0.900. The van der Waals surface area contributed by atoms with Crippen molar-refractivity contribution in [3.05, 3.63) is 28.8 Å². The van der Waals surface area contributed by atoms with E-state index in [1.807, 2.05) is 18.2 Å². The van der Waals surface area contributed by atoms with Crippen LogP contribution in [0, 0.1) is 0 Å². The highest BCUT2D eigenvalue weighted by Crippen LogP contribution is 2.30. The minimum Gasteiger partial charge on any atom is -0.495 e. The molecule has 1 aromatic carbocycles. The zero-order valence-electron chi connectivity index (χ0n) is 9.99. The Morgan fingerprint density at radius 1 is 1.59 bits per heavy atom. The molecule has 0 aliphatic carbocycles. The van der Waals surface area contributed by atoms with Gasteiger partial charge in [0.15, 0.2) is 0 Å². The number of benzene rings is 1. The third-order valence-corrected chi connectivity index (χ3v) is 3.46. The summed E-state index contributed by atoms with van der Waals surface area (Å²) in [6, 6.07) is 5.65. The van der Waals surface area contributed by atoms with Crippen molar-refractivity contribution in [3.63, 3.8) is 0 Å². The molecule has 1 aliphatic rings. The highest BCUT2D eigenvalue weighted by molar-refractivity contribution is 6.32. The average molecular weight is 256 g/mol. The molecule has 0 aromatic heterocycles. The summed E-state index contributed by atoms with van der Waals surface area (Å²) in [5.74, 6) is 0.673. The fourth-order valence-electron chi connectivity index (χ4n) is 2.16. The first-order chi connectivity index (χ1) is 8.20. The normalized spacial score (nSPS) is 21.5. The number of nitrogens with two attached hydrogens (primary N) is 1. The van der Waals surface area contributed by atoms with Crippen molar-refractivity contribution in [1.82, 2.24) is 0 Å². The van der Waals surface area contributed by atoms with Crippen LogP contribution in [-0.2, 0) is 4.74 Å². The lowest BCUT2D eigenvalue weighted by Crippen LogP contribution is -2.18. The lowest BCUT2D eigenvalue weighted by molar-refractivity contribution is 0.0983. The Morgan fingerprint density at radius 3 is 3.06 bits per heavy atom. The van der Waals surface area contributed by atoms with Crippen molar-refractivity contribution in [1.29, 1.82) is 0 Å². The standard InChI is InChI=1S/C13H18ClNO2/c1-16-13-7-9(4-5-11(13)14)12(15)8-10-3-2-6-17-10/h4-5,7,10,12H,2-3,6,8,15H2,1H3. The van der Waals surface area contributed by atoms with Gasteiger partial charge < -0.3 is 15.2 Å². The zero-order chi connectivity index (χ0) is 12.3. The van der Waals surface area contributed by atoms with Crippen LogP contribution in [0.4, 0.5) is 0 Å². The van der Waals surface area contributed by atoms with E-state index in [2.05, 4.69) is 0 Å². The van der Waals surface area contributed by atoms with Crippen molar-refractivity contribution in [2.75, 3.05) is 13.7 Å². The summed E-state index contributed by atoms with van der Waals surface area (Å²) < 4.78 is 10.8. The second-order valence-electron chi connectivity index (χ2n) is 4.37. The molecule has 1 aliphatic heterocycles. The Bertz CT molecular complexity index is 378. The second-order valence-corrected chi connectivity index (χ2v) is 4.78. The Morgan fingerprint density at radius 2 is 2.41 bits per heavy atom. The van der Waals surface area contributed by atoms with E-state index in [9.17, 15) is 0 Å². The van der Waals surface area contributed by atoms with Crippen LogP contribution in [0.2, 0.25) is 5.02 Å². The van der Waals surface area contributed by atoms with Gasteiger partial charge >= 0.3 is 0 Å². The average Bonchev–Trinajstić information content (AvgIpc) is 2.82. The highest BCUT2D eigenvalue weighted by Gasteiger charge is 2.20. The molecule has 0 radical (unpaired) electrons. The summed E-state index contributed by atoms with van der Waals surface area (Å²) in [7, 11) is 1.61. The summed E-state index contributed by atoms with van der Waals surface area (Å²) in [6.45, 7) is 0.862. The zero-order valence-corrected chi connectivity index (χ0v) is 10.7. The van der Waals surface area contributed by atoms with E-state index in [1.165, 1.54) is 0 Å². The maximum absolute atomic E-state index is 6.17. The lowest BCUT2D eigenvalue weighted by atomic mass is 10.00. The molecule has 2 N–H and O–H groups in total. The maximum Gasteiger partial charge on any atom is 0.137 e. The molecule has 1 heterocycles. The van der Waals surface area contributed by atoms with Gasteiger partial charge in [-0.2, -0.15) is 0 Å². The van der Waals surface area contributed by atoms with E-state index in [-0.39, 0.29) is 6.04 Å². The first-order valence-corrected chi connectivity index (χ1v) is 6.29. The monoisotopic (exact) mass is 255 g/mol. The third-order valence-electron chi connectivity index (χ3n) is 3.14. The third kappa shape index (κ3) is 3.12. The molecule has 1 fully saturated rings. The number of rotatable bonds is 4. The molecule has 1 aromatic rings. The Balaban J connectivity index is 2.04. The fourth-order valence-corrected chi connectivity index (χ4v) is 2.35. The summed E-state index contributed by atoms with van der Waals surface area (Å²) in [5.41, 5.74) is 7.21. The van der Waals surface area contributed by atoms with Gasteiger partial charge in [0.25, 0.3) is 0 Å². The van der Waals surface area contributed by atoms with Gasteiger partial charge in [-0.3, -0.25) is 0 Å². The summed E-state index contributed by atoms with van der Waals surface area (Å²) in [6.07, 6.45) is 3.40. The molecule has 3 nitrogen and oxygen atoms in total. The molecule has 0 spiro atoms. The smallest absolute Gasteiger partial charge is 0.137 e. The summed E-state index contributed by atoms with van der Waals surface area (Å²) in [4.78, 5) is 0. The Labute approximate surface area is 107 Å². The number of halogens is 1. The maximum atomic E-state index is 6.17. The minimum atomic E-state index is -0.0238. The van der Waals surface area contributed by atoms with Crippen molar-refractivity contribution >= 4 is 11.6 Å². The van der Waals surface area contributed by atoms with Gasteiger partial charge in [0.05, 0.1) is 18.2 Å². The number of ether oxygens (including phenoxy) is 2. The first kappa shape index (κ1) is 12.7. The molecule has 2 rings (SSSR count). The fraction of sp³-hybridized carbons (Fsp3) is 0.538. The predicted molar refractivity (Wildman–Crippen MR) is 68.5 cm³/mol. The molecule has 0 saturated carbocycles. The van der Waals surface area contributed by atoms with Gasteiger partial charge in [-0.15, -0.1) is 0 Å². The predicted octanol–water partition coefficient (Wildman–Crippen LogP) is 2.92. The van der Waals surface area contributed by atoms with Crippen LogP contribution in [0.15, 0.2) is 18.2 Å². The van der Waals surface area contributed by atoms with E-state index in [1.54, 1.807) is 7.11 Å². The van der Waals surface area contributed by atoms with Crippen LogP contribution in [0.25, 0.3) is 0 Å². The SMILES string of the molecule is COc1cc(C(N)CC2CCCO2)ccc1Cl. The van der Waals surface area contributed by atoms with Crippen molar-refractivity contribution in [2.24, 2.45) is 5.73 Å². The molecule has 2 unspecified atom stereocenters. The van der Waals surface area contributed by atoms with Crippen LogP contribution >= 0.6 is 11.6 Å². The first-order valence-electron chi connectivity index (χ1n) is 5.91. The van der Waals surface area contributed by atoms with Crippen LogP contribution in [-0.4, -0.2) is 19.8 Å². The number of methoxy groups -OCH3 is 1. The van der Waals surface area contributed by atoms with E-state index < -0.39 is 0 Å². The van der Waals surface area contributed by atoms with E-state index >= 15 is 0 Å². The van der Waals surface area contributed by atoms with Gasteiger partial charge in [-0.05, 0) is 37.0 Å². The molecule has 94 valence electrons. The number of hydrogen-bond acceptors (Lipinski definition) is 3. The second kappa shape index (κ2) is 5.71. The minimum absolute atomic E-state index is 0.0238. The van der Waals surface area contributed by atoms with E-state index in [4.69, 9.17) is 26.8 Å². The summed E-state index contributed by atoms with van der Waals surface area (Å²) in [5, 5.41) is 0.612. The number of hydrogen-bond donors (Lipinski definition) is 1. The largest absolute Gasteiger partial charge is 0.495 e. The van der Waals surface area contributed by atoms with Crippen molar-refractivity contribution < 1.29 is 9.47 Å². The molecule has 0 amide bonds. The van der Waals surface area contributed by atoms with Crippen molar-refractivity contribution in [2.45, 2.75) is 31.4 Å². The van der Waals surface area contributed by atoms with Crippen LogP contribution < -0.4 is 10.5 Å². The Kier molecular flexibility index (Phi) is 4.26. The molecule has 2 atom stereocenters. The molecular weight excluding hydrogens is 238 g/mol. The van der Waals surface area contributed by atoms with Gasteiger partial charge in [0, 0.05) is 12.6 Å². The van der Waals surface area contributed by atoms with Gasteiger partial charge in [-0.1, -0.05) is 17.7 Å². The topological polar surface area (TPSA) is 44.5 Å². The van der Waals surface area contributed by atoms with Crippen LogP contribution in [0.3, 0.4) is 0 Å². The lowest BCUT2D eigenvalue weighted by Gasteiger charge is -2.17. The molecule has 0 bridgehead atoms. The highest BCUT2D eigenvalue weighted by atomic mass is 35.5. The molecule has 4 heteroatoms. The van der Waals surface area contributed by atoms with E-state index in [0.29, 0.717) is 16.9 Å². The molecule has 17 heavy (non-hydrogen) atoms. The molecular formula is C13H18ClNO2. The Hall–Kier alpha value is -0.770. The van der Waals surface area contributed by atoms with Crippen LogP contribution in [0.5, 0.6) is 5.75 Å². The molecule has 1 saturated heterocycles. The van der Waals surface area contributed by atoms with Gasteiger partial charge in [0.1, 0.15) is 5.75 Å². The summed E-state index contributed by atoms with van der Waals surface area (Å²) >= 11 is 5.98. The van der Waals surface area contributed by atoms with Gasteiger partial charge in [-0.25, -0.2) is 0 Å².